The highest BCUT2D eigenvalue weighted by molar-refractivity contribution is 5.94. The van der Waals surface area contributed by atoms with Gasteiger partial charge in [0.2, 0.25) is 0 Å². The molecule has 0 spiro atoms. The second kappa shape index (κ2) is 8.44. The second-order valence-corrected chi connectivity index (χ2v) is 9.14. The molecule has 0 bridgehead atoms. The van der Waals surface area contributed by atoms with Crippen LogP contribution in [0, 0.1) is 0 Å². The molecular weight excluding hydrogens is 436 g/mol. The molecule has 0 saturated carbocycles. The topological polar surface area (TPSA) is 9.86 Å². The highest BCUT2D eigenvalue weighted by atomic mass is 15.0. The molecular formula is C34H24N2. The van der Waals surface area contributed by atoms with Gasteiger partial charge in [-0.3, -0.25) is 0 Å². The van der Waals surface area contributed by atoms with Gasteiger partial charge in [-0.1, -0.05) is 78.9 Å². The van der Waals surface area contributed by atoms with Crippen molar-refractivity contribution in [1.29, 1.82) is 0 Å². The van der Waals surface area contributed by atoms with Crippen LogP contribution < -0.4 is 0 Å². The monoisotopic (exact) mass is 460 g/mol. The quantitative estimate of drug-likeness (QED) is 0.248. The van der Waals surface area contributed by atoms with E-state index in [1.807, 2.05) is 0 Å². The predicted molar refractivity (Wildman–Crippen MR) is 151 cm³/mol. The van der Waals surface area contributed by atoms with Crippen molar-refractivity contribution in [2.45, 2.75) is 0 Å². The fourth-order valence-electron chi connectivity index (χ4n) is 5.21. The van der Waals surface area contributed by atoms with Crippen molar-refractivity contribution < 1.29 is 0 Å². The molecule has 0 radical (unpaired) electrons. The van der Waals surface area contributed by atoms with Crippen LogP contribution in [0.15, 0.2) is 146 Å². The van der Waals surface area contributed by atoms with Crippen molar-refractivity contribution >= 4 is 21.8 Å². The smallest absolute Gasteiger partial charge is 0.0540 e. The zero-order valence-electron chi connectivity index (χ0n) is 19.8. The third kappa shape index (κ3) is 3.43. The van der Waals surface area contributed by atoms with Crippen LogP contribution in [0.5, 0.6) is 0 Å². The summed E-state index contributed by atoms with van der Waals surface area (Å²) in [5, 5.41) is 2.47. The molecule has 0 fully saturated rings. The first-order valence-corrected chi connectivity index (χ1v) is 12.3. The van der Waals surface area contributed by atoms with Crippen LogP contribution in [0.25, 0.3) is 55.6 Å². The van der Waals surface area contributed by atoms with E-state index in [1.165, 1.54) is 55.6 Å². The fraction of sp³-hybridized carbons (Fsp3) is 0. The molecule has 2 aromatic heterocycles. The SMILES string of the molecule is c1ccc(-c2cc3cc(-c4ccc5c(ccn5-c5ccccc5)c4)ccc3n2-c2ccccc2)cc1. The Morgan fingerprint density at radius 3 is 1.67 bits per heavy atom. The van der Waals surface area contributed by atoms with Gasteiger partial charge in [-0.05, 0) is 77.4 Å². The molecule has 0 amide bonds. The number of benzene rings is 5. The highest BCUT2D eigenvalue weighted by Crippen LogP contribution is 2.35. The Balaban J connectivity index is 1.36. The van der Waals surface area contributed by atoms with Gasteiger partial charge < -0.3 is 9.13 Å². The summed E-state index contributed by atoms with van der Waals surface area (Å²) in [5.74, 6) is 0. The molecule has 0 saturated heterocycles. The van der Waals surface area contributed by atoms with Crippen LogP contribution in [0.2, 0.25) is 0 Å². The molecule has 36 heavy (non-hydrogen) atoms. The molecule has 0 aliphatic rings. The molecule has 2 nitrogen and oxygen atoms in total. The standard InChI is InChI=1S/C34H24N2/c1-4-10-25(11-5-1)34-24-29-23-27(17-19-33(29)36(34)31-14-8-3-9-15-31)26-16-18-32-28(22-26)20-21-35(32)30-12-6-2-7-13-30/h1-24H. The predicted octanol–water partition coefficient (Wildman–Crippen LogP) is 8.91. The maximum absolute atomic E-state index is 2.36. The van der Waals surface area contributed by atoms with Crippen LogP contribution in [-0.2, 0) is 0 Å². The third-order valence-corrected chi connectivity index (χ3v) is 6.94. The summed E-state index contributed by atoms with van der Waals surface area (Å²) in [6.07, 6.45) is 2.15. The number of aromatic nitrogens is 2. The van der Waals surface area contributed by atoms with Crippen molar-refractivity contribution in [2.75, 3.05) is 0 Å². The molecule has 7 rings (SSSR count). The molecule has 170 valence electrons. The molecule has 5 aromatic carbocycles. The lowest BCUT2D eigenvalue weighted by Gasteiger charge is -2.11. The lowest BCUT2D eigenvalue weighted by Crippen LogP contribution is -1.96. The van der Waals surface area contributed by atoms with Gasteiger partial charge >= 0.3 is 0 Å². The van der Waals surface area contributed by atoms with Gasteiger partial charge in [-0.15, -0.1) is 0 Å². The molecule has 7 aromatic rings. The van der Waals surface area contributed by atoms with E-state index in [1.54, 1.807) is 0 Å². The first kappa shape index (κ1) is 20.5. The maximum atomic E-state index is 2.36. The summed E-state index contributed by atoms with van der Waals surface area (Å²) in [5.41, 5.74) is 9.63. The summed E-state index contributed by atoms with van der Waals surface area (Å²) in [7, 11) is 0. The van der Waals surface area contributed by atoms with E-state index in [9.17, 15) is 0 Å². The molecule has 0 aliphatic carbocycles. The number of fused-ring (bicyclic) bond motifs is 2. The van der Waals surface area contributed by atoms with E-state index in [2.05, 4.69) is 155 Å². The zero-order chi connectivity index (χ0) is 23.9. The average molecular weight is 461 g/mol. The van der Waals surface area contributed by atoms with Crippen LogP contribution in [0.1, 0.15) is 0 Å². The molecule has 0 N–H and O–H groups in total. The number of nitrogens with zero attached hydrogens (tertiary/aromatic N) is 2. The van der Waals surface area contributed by atoms with Crippen LogP contribution in [0.4, 0.5) is 0 Å². The van der Waals surface area contributed by atoms with Crippen molar-refractivity contribution in [2.24, 2.45) is 0 Å². The average Bonchev–Trinajstić information content (AvgIpc) is 3.55. The maximum Gasteiger partial charge on any atom is 0.0540 e. The van der Waals surface area contributed by atoms with Crippen LogP contribution in [0.3, 0.4) is 0 Å². The Morgan fingerprint density at radius 1 is 0.389 bits per heavy atom. The van der Waals surface area contributed by atoms with Crippen LogP contribution >= 0.6 is 0 Å². The van der Waals surface area contributed by atoms with Crippen molar-refractivity contribution in [3.05, 3.63) is 146 Å². The van der Waals surface area contributed by atoms with E-state index in [4.69, 9.17) is 0 Å². The first-order chi connectivity index (χ1) is 17.8. The highest BCUT2D eigenvalue weighted by Gasteiger charge is 2.14. The van der Waals surface area contributed by atoms with Gasteiger partial charge in [-0.25, -0.2) is 0 Å². The van der Waals surface area contributed by atoms with E-state index in [0.717, 1.165) is 0 Å². The van der Waals surface area contributed by atoms with Gasteiger partial charge in [0.25, 0.3) is 0 Å². The van der Waals surface area contributed by atoms with E-state index < -0.39 is 0 Å². The van der Waals surface area contributed by atoms with Gasteiger partial charge in [0.05, 0.1) is 16.7 Å². The summed E-state index contributed by atoms with van der Waals surface area (Å²) in [6.45, 7) is 0. The second-order valence-electron chi connectivity index (χ2n) is 9.14. The number of hydrogen-bond donors (Lipinski definition) is 0. The van der Waals surface area contributed by atoms with Crippen LogP contribution in [-0.4, -0.2) is 9.13 Å². The minimum absolute atomic E-state index is 1.17. The van der Waals surface area contributed by atoms with E-state index in [-0.39, 0.29) is 0 Å². The first-order valence-electron chi connectivity index (χ1n) is 12.3. The number of para-hydroxylation sites is 2. The summed E-state index contributed by atoms with van der Waals surface area (Å²) >= 11 is 0. The lowest BCUT2D eigenvalue weighted by molar-refractivity contribution is 1.13. The minimum atomic E-state index is 1.17. The largest absolute Gasteiger partial charge is 0.317 e. The number of hydrogen-bond acceptors (Lipinski definition) is 0. The Labute approximate surface area is 210 Å². The zero-order valence-corrected chi connectivity index (χ0v) is 19.8. The minimum Gasteiger partial charge on any atom is -0.317 e. The lowest BCUT2D eigenvalue weighted by atomic mass is 10.0. The summed E-state index contributed by atoms with van der Waals surface area (Å²) < 4.78 is 4.60. The molecule has 0 unspecified atom stereocenters. The van der Waals surface area contributed by atoms with E-state index in [0.29, 0.717) is 0 Å². The molecule has 2 heteroatoms. The molecule has 2 heterocycles. The Hall–Kier alpha value is -4.82. The third-order valence-electron chi connectivity index (χ3n) is 6.94. The van der Waals surface area contributed by atoms with Gasteiger partial charge in [0.1, 0.15) is 0 Å². The Kier molecular flexibility index (Phi) is 4.82. The summed E-state index contributed by atoms with van der Waals surface area (Å²) in [6, 6.07) is 49.8. The van der Waals surface area contributed by atoms with E-state index >= 15 is 0 Å². The van der Waals surface area contributed by atoms with Crippen molar-refractivity contribution in [3.8, 4) is 33.8 Å². The van der Waals surface area contributed by atoms with Gasteiger partial charge in [-0.2, -0.15) is 0 Å². The van der Waals surface area contributed by atoms with Crippen molar-refractivity contribution in [1.82, 2.24) is 9.13 Å². The fourth-order valence-corrected chi connectivity index (χ4v) is 5.21. The van der Waals surface area contributed by atoms with Gasteiger partial charge in [0.15, 0.2) is 0 Å². The molecule has 0 aliphatic heterocycles. The number of rotatable bonds is 4. The Morgan fingerprint density at radius 2 is 0.972 bits per heavy atom. The van der Waals surface area contributed by atoms with Gasteiger partial charge in [0, 0.05) is 28.3 Å². The summed E-state index contributed by atoms with van der Waals surface area (Å²) in [4.78, 5) is 0. The normalized spacial score (nSPS) is 11.3. The van der Waals surface area contributed by atoms with Crippen molar-refractivity contribution in [3.63, 3.8) is 0 Å². The molecule has 0 atom stereocenters. The Bertz CT molecular complexity index is 1810.